The zero-order valence-electron chi connectivity index (χ0n) is 36.5. The number of carbonyl (C=O) groups is 1. The van der Waals surface area contributed by atoms with Crippen molar-refractivity contribution in [1.29, 1.82) is 0 Å². The van der Waals surface area contributed by atoms with Gasteiger partial charge in [0.15, 0.2) is 0 Å². The zero-order chi connectivity index (χ0) is 39.3. The number of unbranched alkanes of at least 4 members (excludes halogenated alkanes) is 33. The molecule has 0 bridgehead atoms. The summed E-state index contributed by atoms with van der Waals surface area (Å²) < 4.78 is 0. The first kappa shape index (κ1) is 52.6. The molecule has 0 saturated carbocycles. The molecule has 2 unspecified atom stereocenters. The fourth-order valence-electron chi connectivity index (χ4n) is 7.39. The van der Waals surface area contributed by atoms with Gasteiger partial charge in [-0.3, -0.25) is 4.79 Å². The summed E-state index contributed by atoms with van der Waals surface area (Å²) in [5.74, 6) is -0.0696. The van der Waals surface area contributed by atoms with Crippen LogP contribution in [-0.4, -0.2) is 34.9 Å². The van der Waals surface area contributed by atoms with Crippen LogP contribution in [0.1, 0.15) is 258 Å². The maximum atomic E-state index is 12.4. The molecule has 0 aliphatic carbocycles. The Hall–Kier alpha value is -1.39. The van der Waals surface area contributed by atoms with Crippen LogP contribution in [0.3, 0.4) is 0 Å². The summed E-state index contributed by atoms with van der Waals surface area (Å²) in [5.41, 5.74) is 0. The average Bonchev–Trinajstić information content (AvgIpc) is 3.18. The highest BCUT2D eigenvalue weighted by molar-refractivity contribution is 5.76. The molecule has 0 aliphatic rings. The Balaban J connectivity index is 3.56. The summed E-state index contributed by atoms with van der Waals surface area (Å²) in [4.78, 5) is 12.4. The molecule has 4 heteroatoms. The van der Waals surface area contributed by atoms with Crippen molar-refractivity contribution in [2.75, 3.05) is 6.61 Å². The third kappa shape index (κ3) is 41.8. The van der Waals surface area contributed by atoms with E-state index in [1.165, 1.54) is 205 Å². The number of rotatable bonds is 44. The SMILES string of the molecule is CCCCCCCCCCC/C=C\C/C=C\CCCCCCCCCC(=O)NC(CO)C(O)/C=C/CCCCCCCCCCCCCCCCCCC. The van der Waals surface area contributed by atoms with Crippen LogP contribution in [0.25, 0.3) is 0 Å². The Bertz CT molecular complexity index is 821. The van der Waals surface area contributed by atoms with Crippen LogP contribution in [0.5, 0.6) is 0 Å². The van der Waals surface area contributed by atoms with Gasteiger partial charge in [-0.15, -0.1) is 0 Å². The molecule has 318 valence electrons. The van der Waals surface area contributed by atoms with Crippen LogP contribution in [0.2, 0.25) is 0 Å². The molecule has 0 radical (unpaired) electrons. The van der Waals surface area contributed by atoms with Crippen LogP contribution in [0, 0.1) is 0 Å². The number of hydrogen-bond acceptors (Lipinski definition) is 3. The molecule has 0 aromatic carbocycles. The molecule has 0 spiro atoms. The molecule has 0 saturated heterocycles. The number of nitrogens with one attached hydrogen (secondary N) is 1. The lowest BCUT2D eigenvalue weighted by Crippen LogP contribution is -2.45. The Morgan fingerprint density at radius 2 is 0.759 bits per heavy atom. The van der Waals surface area contributed by atoms with Gasteiger partial charge in [-0.1, -0.05) is 237 Å². The second-order valence-electron chi connectivity index (χ2n) is 16.5. The number of allylic oxidation sites excluding steroid dienone is 5. The molecule has 0 rings (SSSR count). The molecule has 0 heterocycles. The highest BCUT2D eigenvalue weighted by atomic mass is 16.3. The topological polar surface area (TPSA) is 69.6 Å². The predicted octanol–water partition coefficient (Wildman–Crippen LogP) is 15.4. The monoisotopic (exact) mass is 758 g/mol. The van der Waals surface area contributed by atoms with Gasteiger partial charge >= 0.3 is 0 Å². The third-order valence-electron chi connectivity index (χ3n) is 11.1. The minimum Gasteiger partial charge on any atom is -0.394 e. The smallest absolute Gasteiger partial charge is 0.220 e. The Kier molecular flexibility index (Phi) is 44.8. The van der Waals surface area contributed by atoms with Crippen LogP contribution < -0.4 is 5.32 Å². The first-order valence-corrected chi connectivity index (χ1v) is 24.2. The highest BCUT2D eigenvalue weighted by Crippen LogP contribution is 2.15. The van der Waals surface area contributed by atoms with Crippen molar-refractivity contribution in [2.45, 2.75) is 270 Å². The van der Waals surface area contributed by atoms with E-state index in [4.69, 9.17) is 0 Å². The van der Waals surface area contributed by atoms with E-state index in [2.05, 4.69) is 43.5 Å². The predicted molar refractivity (Wildman–Crippen MR) is 239 cm³/mol. The molecule has 3 N–H and O–H groups in total. The average molecular weight is 758 g/mol. The van der Waals surface area contributed by atoms with E-state index in [0.29, 0.717) is 6.42 Å². The number of amides is 1. The number of hydrogen-bond donors (Lipinski definition) is 3. The van der Waals surface area contributed by atoms with E-state index < -0.39 is 12.1 Å². The number of carbonyl (C=O) groups excluding carboxylic acids is 1. The van der Waals surface area contributed by atoms with Crippen molar-refractivity contribution < 1.29 is 15.0 Å². The van der Waals surface area contributed by atoms with Crippen molar-refractivity contribution in [3.8, 4) is 0 Å². The van der Waals surface area contributed by atoms with Crippen LogP contribution >= 0.6 is 0 Å². The number of aliphatic hydroxyl groups excluding tert-OH is 2. The first-order valence-electron chi connectivity index (χ1n) is 24.2. The van der Waals surface area contributed by atoms with Gasteiger partial charge in [0.2, 0.25) is 5.91 Å². The minimum atomic E-state index is -0.842. The van der Waals surface area contributed by atoms with Gasteiger partial charge in [0.25, 0.3) is 0 Å². The van der Waals surface area contributed by atoms with E-state index in [0.717, 1.165) is 32.1 Å². The summed E-state index contributed by atoms with van der Waals surface area (Å²) in [6.07, 6.45) is 61.2. The molecule has 0 aromatic heterocycles. The van der Waals surface area contributed by atoms with Gasteiger partial charge in [-0.25, -0.2) is 0 Å². The molecular weight excluding hydrogens is 663 g/mol. The Labute approximate surface area is 338 Å². The molecule has 1 amide bonds. The molecule has 4 nitrogen and oxygen atoms in total. The molecule has 2 atom stereocenters. The maximum absolute atomic E-state index is 12.4. The molecule has 54 heavy (non-hydrogen) atoms. The van der Waals surface area contributed by atoms with Gasteiger partial charge in [0.1, 0.15) is 0 Å². The molecule has 0 aromatic rings. The van der Waals surface area contributed by atoms with E-state index in [1.807, 2.05) is 6.08 Å². The molecular formula is C50H95NO3. The fourth-order valence-corrected chi connectivity index (χ4v) is 7.39. The van der Waals surface area contributed by atoms with Crippen molar-refractivity contribution in [3.63, 3.8) is 0 Å². The van der Waals surface area contributed by atoms with E-state index in [-0.39, 0.29) is 12.5 Å². The summed E-state index contributed by atoms with van der Waals surface area (Å²) in [6.45, 7) is 4.32. The molecule has 0 aliphatic heterocycles. The lowest BCUT2D eigenvalue weighted by atomic mass is 10.0. The van der Waals surface area contributed by atoms with Crippen LogP contribution in [-0.2, 0) is 4.79 Å². The van der Waals surface area contributed by atoms with Gasteiger partial charge in [0, 0.05) is 6.42 Å². The van der Waals surface area contributed by atoms with Gasteiger partial charge in [-0.05, 0) is 51.4 Å². The summed E-state index contributed by atoms with van der Waals surface area (Å²) in [6, 6.07) is -0.626. The lowest BCUT2D eigenvalue weighted by molar-refractivity contribution is -0.123. The minimum absolute atomic E-state index is 0.0696. The number of aliphatic hydroxyl groups is 2. The van der Waals surface area contributed by atoms with Crippen molar-refractivity contribution >= 4 is 5.91 Å². The maximum Gasteiger partial charge on any atom is 0.220 e. The summed E-state index contributed by atoms with van der Waals surface area (Å²) >= 11 is 0. The standard InChI is InChI=1S/C50H95NO3/c1-3-5-7-9-11-13-15-17-19-21-23-24-25-26-28-30-32-34-36-38-40-42-44-46-50(54)51-48(47-52)49(53)45-43-41-39-37-35-33-31-29-27-22-20-18-16-14-12-10-8-6-4-2/h23-24,26,28,43,45,48-49,52-53H,3-22,25,27,29-42,44,46-47H2,1-2H3,(H,51,54)/b24-23-,28-26-,45-43+. The Morgan fingerprint density at radius 1 is 0.444 bits per heavy atom. The molecule has 0 fully saturated rings. The largest absolute Gasteiger partial charge is 0.394 e. The van der Waals surface area contributed by atoms with Crippen molar-refractivity contribution in [1.82, 2.24) is 5.32 Å². The highest BCUT2D eigenvalue weighted by Gasteiger charge is 2.17. The summed E-state index contributed by atoms with van der Waals surface area (Å²) in [5, 5.41) is 23.1. The van der Waals surface area contributed by atoms with E-state index in [1.54, 1.807) is 6.08 Å². The quantitative estimate of drug-likeness (QED) is 0.0428. The third-order valence-corrected chi connectivity index (χ3v) is 11.1. The normalized spacial score (nSPS) is 13.2. The zero-order valence-corrected chi connectivity index (χ0v) is 36.5. The lowest BCUT2D eigenvalue weighted by Gasteiger charge is -2.20. The van der Waals surface area contributed by atoms with Gasteiger partial charge in [0.05, 0.1) is 18.8 Å². The van der Waals surface area contributed by atoms with Crippen LogP contribution in [0.4, 0.5) is 0 Å². The summed E-state index contributed by atoms with van der Waals surface area (Å²) in [7, 11) is 0. The second-order valence-corrected chi connectivity index (χ2v) is 16.5. The van der Waals surface area contributed by atoms with Crippen LogP contribution in [0.15, 0.2) is 36.5 Å². The van der Waals surface area contributed by atoms with Gasteiger partial charge in [-0.2, -0.15) is 0 Å². The second kappa shape index (κ2) is 46.0. The van der Waals surface area contributed by atoms with E-state index in [9.17, 15) is 15.0 Å². The Morgan fingerprint density at radius 3 is 1.11 bits per heavy atom. The van der Waals surface area contributed by atoms with Crippen molar-refractivity contribution in [2.24, 2.45) is 0 Å². The fraction of sp³-hybridized carbons (Fsp3) is 0.860. The van der Waals surface area contributed by atoms with Gasteiger partial charge < -0.3 is 15.5 Å². The first-order chi connectivity index (χ1) is 26.7. The van der Waals surface area contributed by atoms with Crippen molar-refractivity contribution in [3.05, 3.63) is 36.5 Å². The van der Waals surface area contributed by atoms with E-state index >= 15 is 0 Å².